The lowest BCUT2D eigenvalue weighted by Gasteiger charge is -2.23. The summed E-state index contributed by atoms with van der Waals surface area (Å²) in [5.41, 5.74) is 0.651. The van der Waals surface area contributed by atoms with E-state index >= 15 is 0 Å². The van der Waals surface area contributed by atoms with Gasteiger partial charge in [-0.2, -0.15) is 11.8 Å². The van der Waals surface area contributed by atoms with Crippen molar-refractivity contribution in [1.82, 2.24) is 4.90 Å². The molecule has 0 radical (unpaired) electrons. The second kappa shape index (κ2) is 5.63. The van der Waals surface area contributed by atoms with Gasteiger partial charge in [-0.3, -0.25) is 4.79 Å². The summed E-state index contributed by atoms with van der Waals surface area (Å²) in [5, 5.41) is 0.574. The van der Waals surface area contributed by atoms with Crippen molar-refractivity contribution in [3.05, 3.63) is 33.3 Å². The molecule has 1 unspecified atom stereocenters. The van der Waals surface area contributed by atoms with E-state index in [-0.39, 0.29) is 5.91 Å². The molecule has 0 spiro atoms. The van der Waals surface area contributed by atoms with Crippen molar-refractivity contribution in [2.24, 2.45) is 0 Å². The van der Waals surface area contributed by atoms with Crippen LogP contribution in [0.5, 0.6) is 0 Å². The summed E-state index contributed by atoms with van der Waals surface area (Å²) in [6.07, 6.45) is 1.08. The first-order chi connectivity index (χ1) is 8.09. The van der Waals surface area contributed by atoms with Crippen LogP contribution >= 0.6 is 39.3 Å². The monoisotopic (exact) mass is 333 g/mol. The van der Waals surface area contributed by atoms with Crippen molar-refractivity contribution >= 4 is 45.2 Å². The van der Waals surface area contributed by atoms with E-state index in [1.807, 2.05) is 29.8 Å². The van der Waals surface area contributed by atoms with Crippen molar-refractivity contribution in [2.45, 2.75) is 12.5 Å². The molecule has 0 bridgehead atoms. The topological polar surface area (TPSA) is 20.3 Å². The number of nitrogens with zero attached hydrogens (tertiary/aromatic N) is 1. The van der Waals surface area contributed by atoms with Gasteiger partial charge in [-0.05, 0) is 46.3 Å². The number of halogens is 2. The van der Waals surface area contributed by atoms with Crippen molar-refractivity contribution in [3.8, 4) is 0 Å². The van der Waals surface area contributed by atoms with Crippen molar-refractivity contribution in [3.63, 3.8) is 0 Å². The van der Waals surface area contributed by atoms with Gasteiger partial charge in [-0.1, -0.05) is 11.6 Å². The summed E-state index contributed by atoms with van der Waals surface area (Å²) in [4.78, 5) is 14.1. The molecule has 5 heteroatoms. The summed E-state index contributed by atoms with van der Waals surface area (Å²) in [7, 11) is 1.87. The summed E-state index contributed by atoms with van der Waals surface area (Å²) in [6.45, 7) is 0. The molecule has 1 aromatic rings. The van der Waals surface area contributed by atoms with E-state index in [0.29, 0.717) is 16.6 Å². The Morgan fingerprint density at radius 2 is 2.35 bits per heavy atom. The highest BCUT2D eigenvalue weighted by Gasteiger charge is 2.24. The van der Waals surface area contributed by atoms with Gasteiger partial charge in [0.1, 0.15) is 0 Å². The molecule has 1 heterocycles. The van der Waals surface area contributed by atoms with Crippen molar-refractivity contribution in [1.29, 1.82) is 0 Å². The van der Waals surface area contributed by atoms with Crippen LogP contribution in [-0.4, -0.2) is 35.4 Å². The zero-order chi connectivity index (χ0) is 12.4. The number of thioether (sulfide) groups is 1. The Labute approximate surface area is 119 Å². The zero-order valence-electron chi connectivity index (χ0n) is 9.45. The van der Waals surface area contributed by atoms with Crippen LogP contribution in [0.1, 0.15) is 16.8 Å². The van der Waals surface area contributed by atoms with E-state index in [0.717, 1.165) is 22.4 Å². The van der Waals surface area contributed by atoms with Gasteiger partial charge < -0.3 is 4.90 Å². The first kappa shape index (κ1) is 13.2. The molecular formula is C12H13BrClNOS. The van der Waals surface area contributed by atoms with E-state index in [9.17, 15) is 4.79 Å². The summed E-state index contributed by atoms with van der Waals surface area (Å²) < 4.78 is 0.815. The minimum atomic E-state index is 0.0481. The lowest BCUT2D eigenvalue weighted by Crippen LogP contribution is -2.36. The minimum absolute atomic E-state index is 0.0481. The number of rotatable bonds is 2. The smallest absolute Gasteiger partial charge is 0.253 e. The first-order valence-corrected chi connectivity index (χ1v) is 7.72. The fourth-order valence-corrected chi connectivity index (χ4v) is 3.52. The van der Waals surface area contributed by atoms with Crippen LogP contribution < -0.4 is 0 Å². The molecule has 1 fully saturated rings. The number of benzene rings is 1. The third kappa shape index (κ3) is 2.98. The van der Waals surface area contributed by atoms with E-state index in [1.54, 1.807) is 12.1 Å². The van der Waals surface area contributed by atoms with Crippen LogP contribution in [0, 0.1) is 0 Å². The van der Waals surface area contributed by atoms with Gasteiger partial charge in [0.2, 0.25) is 0 Å². The first-order valence-electron chi connectivity index (χ1n) is 5.39. The van der Waals surface area contributed by atoms with Crippen molar-refractivity contribution < 1.29 is 4.79 Å². The molecule has 0 aliphatic carbocycles. The van der Waals surface area contributed by atoms with E-state index in [2.05, 4.69) is 15.9 Å². The molecule has 1 aromatic carbocycles. The maximum Gasteiger partial charge on any atom is 0.253 e. The average molecular weight is 335 g/mol. The molecule has 1 amide bonds. The maximum absolute atomic E-state index is 12.2. The zero-order valence-corrected chi connectivity index (χ0v) is 12.6. The van der Waals surface area contributed by atoms with E-state index in [1.165, 1.54) is 0 Å². The molecule has 17 heavy (non-hydrogen) atoms. The number of amides is 1. The van der Waals surface area contributed by atoms with Gasteiger partial charge in [-0.15, -0.1) is 0 Å². The molecular weight excluding hydrogens is 322 g/mol. The second-order valence-electron chi connectivity index (χ2n) is 4.06. The molecule has 2 rings (SSSR count). The second-order valence-corrected chi connectivity index (χ2v) is 6.47. The SMILES string of the molecule is CN(C(=O)c1ccc(Br)c(Cl)c1)C1CCSC1. The van der Waals surface area contributed by atoms with E-state index < -0.39 is 0 Å². The molecule has 1 aliphatic rings. The van der Waals surface area contributed by atoms with Gasteiger partial charge in [0.25, 0.3) is 5.91 Å². The molecule has 92 valence electrons. The number of hydrogen-bond acceptors (Lipinski definition) is 2. The Hall–Kier alpha value is -0.190. The molecule has 0 N–H and O–H groups in total. The van der Waals surface area contributed by atoms with Gasteiger partial charge in [0.15, 0.2) is 0 Å². The number of hydrogen-bond donors (Lipinski definition) is 0. The third-order valence-electron chi connectivity index (χ3n) is 2.94. The standard InChI is InChI=1S/C12H13BrClNOS/c1-15(9-4-5-17-7-9)12(16)8-2-3-10(13)11(14)6-8/h2-3,6,9H,4-5,7H2,1H3. The normalized spacial score (nSPS) is 19.4. The highest BCUT2D eigenvalue weighted by Crippen LogP contribution is 2.26. The Balaban J connectivity index is 2.15. The number of carbonyl (C=O) groups excluding carboxylic acids is 1. The highest BCUT2D eigenvalue weighted by molar-refractivity contribution is 9.10. The predicted octanol–water partition coefficient (Wildman–Crippen LogP) is 3.68. The summed E-state index contributed by atoms with van der Waals surface area (Å²) >= 11 is 11.2. The van der Waals surface area contributed by atoms with Crippen LogP contribution in [0.2, 0.25) is 5.02 Å². The van der Waals surface area contributed by atoms with Crippen LogP contribution in [-0.2, 0) is 0 Å². The van der Waals surface area contributed by atoms with Gasteiger partial charge in [-0.25, -0.2) is 0 Å². The summed E-state index contributed by atoms with van der Waals surface area (Å²) in [5.74, 6) is 2.22. The Morgan fingerprint density at radius 1 is 1.59 bits per heavy atom. The van der Waals surface area contributed by atoms with Gasteiger partial charge >= 0.3 is 0 Å². The quantitative estimate of drug-likeness (QED) is 0.822. The number of carbonyl (C=O) groups is 1. The van der Waals surface area contributed by atoms with Gasteiger partial charge in [0, 0.05) is 28.9 Å². The Bertz CT molecular complexity index is 435. The van der Waals surface area contributed by atoms with Crippen molar-refractivity contribution in [2.75, 3.05) is 18.6 Å². The fraction of sp³-hybridized carbons (Fsp3) is 0.417. The molecule has 0 aromatic heterocycles. The fourth-order valence-electron chi connectivity index (χ4n) is 1.83. The lowest BCUT2D eigenvalue weighted by molar-refractivity contribution is 0.0748. The molecule has 1 atom stereocenters. The molecule has 2 nitrogen and oxygen atoms in total. The largest absolute Gasteiger partial charge is 0.338 e. The van der Waals surface area contributed by atoms with Crippen LogP contribution in [0.25, 0.3) is 0 Å². The van der Waals surface area contributed by atoms with Crippen LogP contribution in [0.4, 0.5) is 0 Å². The maximum atomic E-state index is 12.2. The van der Waals surface area contributed by atoms with Gasteiger partial charge in [0.05, 0.1) is 5.02 Å². The predicted molar refractivity (Wildman–Crippen MR) is 77.0 cm³/mol. The molecule has 0 saturated carbocycles. The van der Waals surface area contributed by atoms with Crippen LogP contribution in [0.15, 0.2) is 22.7 Å². The van der Waals surface area contributed by atoms with Crippen LogP contribution in [0.3, 0.4) is 0 Å². The lowest BCUT2D eigenvalue weighted by atomic mass is 10.1. The Morgan fingerprint density at radius 3 is 2.94 bits per heavy atom. The highest BCUT2D eigenvalue weighted by atomic mass is 79.9. The summed E-state index contributed by atoms with van der Waals surface area (Å²) in [6, 6.07) is 5.69. The molecule has 1 saturated heterocycles. The average Bonchev–Trinajstić information content (AvgIpc) is 2.84. The van der Waals surface area contributed by atoms with E-state index in [4.69, 9.17) is 11.6 Å². The molecule has 1 aliphatic heterocycles. The third-order valence-corrected chi connectivity index (χ3v) is 5.32. The Kier molecular flexibility index (Phi) is 4.39. The minimum Gasteiger partial charge on any atom is -0.338 e.